The molecule has 0 aliphatic rings. The minimum atomic E-state index is -1.07. The van der Waals surface area contributed by atoms with Gasteiger partial charge in [-0.25, -0.2) is 9.59 Å². The van der Waals surface area contributed by atoms with E-state index in [9.17, 15) is 14.4 Å². The Kier molecular flexibility index (Phi) is 7.44. The van der Waals surface area contributed by atoms with Crippen LogP contribution in [0.4, 0.5) is 4.79 Å². The number of ether oxygens (including phenoxy) is 1. The standard InChI is InChI=1S/C9H17N3O5/c1-6(8(15)10-2)12-9(16)11-3-4-17-5-7(13)14/h6H,3-5H2,1-2H3,(H,10,15)(H,13,14)(H2,11,12,16). The van der Waals surface area contributed by atoms with E-state index in [0.717, 1.165) is 0 Å². The highest BCUT2D eigenvalue weighted by atomic mass is 16.5. The first-order valence-electron chi connectivity index (χ1n) is 5.03. The lowest BCUT2D eigenvalue weighted by molar-refractivity contribution is -0.142. The van der Waals surface area contributed by atoms with Gasteiger partial charge in [-0.3, -0.25) is 4.79 Å². The number of amides is 3. The number of carboxylic acids is 1. The predicted molar refractivity (Wildman–Crippen MR) is 58.5 cm³/mol. The van der Waals surface area contributed by atoms with Gasteiger partial charge in [0.2, 0.25) is 5.91 Å². The van der Waals surface area contributed by atoms with Crippen molar-refractivity contribution in [3.05, 3.63) is 0 Å². The smallest absolute Gasteiger partial charge is 0.329 e. The summed E-state index contributed by atoms with van der Waals surface area (Å²) in [6, 6.07) is -1.15. The highest BCUT2D eigenvalue weighted by Crippen LogP contribution is 1.81. The lowest BCUT2D eigenvalue weighted by Gasteiger charge is -2.12. The van der Waals surface area contributed by atoms with Gasteiger partial charge in [-0.05, 0) is 6.92 Å². The number of carbonyl (C=O) groups is 3. The summed E-state index contributed by atoms with van der Waals surface area (Å²) in [5.41, 5.74) is 0. The molecule has 0 aliphatic carbocycles. The third-order valence-electron chi connectivity index (χ3n) is 1.74. The number of aliphatic carboxylic acids is 1. The molecule has 0 aliphatic heterocycles. The highest BCUT2D eigenvalue weighted by Gasteiger charge is 2.12. The summed E-state index contributed by atoms with van der Waals surface area (Å²) in [7, 11) is 1.47. The maximum atomic E-state index is 11.2. The molecule has 0 saturated heterocycles. The van der Waals surface area contributed by atoms with Crippen molar-refractivity contribution in [3.63, 3.8) is 0 Å². The maximum Gasteiger partial charge on any atom is 0.329 e. The average Bonchev–Trinajstić information content (AvgIpc) is 2.26. The molecule has 0 rings (SSSR count). The maximum absolute atomic E-state index is 11.2. The second kappa shape index (κ2) is 8.34. The first-order valence-corrected chi connectivity index (χ1v) is 5.03. The summed E-state index contributed by atoms with van der Waals surface area (Å²) in [5.74, 6) is -1.37. The summed E-state index contributed by atoms with van der Waals surface area (Å²) in [5, 5.41) is 15.5. The summed E-state index contributed by atoms with van der Waals surface area (Å²) in [6.45, 7) is 1.39. The van der Waals surface area contributed by atoms with Crippen LogP contribution < -0.4 is 16.0 Å². The summed E-state index contributed by atoms with van der Waals surface area (Å²) in [4.78, 5) is 32.3. The minimum Gasteiger partial charge on any atom is -0.480 e. The summed E-state index contributed by atoms with van der Waals surface area (Å²) in [6.07, 6.45) is 0. The second-order valence-corrected chi connectivity index (χ2v) is 3.18. The van der Waals surface area contributed by atoms with E-state index in [1.165, 1.54) is 7.05 Å². The quantitative estimate of drug-likeness (QED) is 0.409. The predicted octanol–water partition coefficient (Wildman–Crippen LogP) is -1.48. The zero-order valence-corrected chi connectivity index (χ0v) is 9.78. The molecular weight excluding hydrogens is 230 g/mol. The molecule has 0 bridgehead atoms. The van der Waals surface area contributed by atoms with Crippen LogP contribution in [-0.4, -0.2) is 55.9 Å². The Morgan fingerprint density at radius 3 is 2.53 bits per heavy atom. The van der Waals surface area contributed by atoms with Crippen molar-refractivity contribution < 1.29 is 24.2 Å². The number of carbonyl (C=O) groups excluding carboxylic acids is 2. The lowest BCUT2D eigenvalue weighted by atomic mass is 10.3. The van der Waals surface area contributed by atoms with Crippen molar-refractivity contribution in [2.24, 2.45) is 0 Å². The number of hydrogen-bond acceptors (Lipinski definition) is 4. The largest absolute Gasteiger partial charge is 0.480 e. The molecule has 8 nitrogen and oxygen atoms in total. The van der Waals surface area contributed by atoms with Gasteiger partial charge < -0.3 is 25.8 Å². The third kappa shape index (κ3) is 8.03. The fourth-order valence-electron chi connectivity index (χ4n) is 0.926. The number of likely N-dealkylation sites (N-methyl/N-ethyl adjacent to an activating group) is 1. The second-order valence-electron chi connectivity index (χ2n) is 3.18. The van der Waals surface area contributed by atoms with Gasteiger partial charge in [-0.1, -0.05) is 0 Å². The van der Waals surface area contributed by atoms with Crippen molar-refractivity contribution in [1.29, 1.82) is 0 Å². The van der Waals surface area contributed by atoms with E-state index in [2.05, 4.69) is 16.0 Å². The summed E-state index contributed by atoms with van der Waals surface area (Å²) >= 11 is 0. The molecule has 0 aromatic heterocycles. The number of rotatable bonds is 7. The number of nitrogens with one attached hydrogen (secondary N) is 3. The molecule has 8 heteroatoms. The molecule has 0 radical (unpaired) electrons. The molecule has 1 unspecified atom stereocenters. The normalized spacial score (nSPS) is 11.4. The fraction of sp³-hybridized carbons (Fsp3) is 0.667. The number of urea groups is 1. The zero-order valence-electron chi connectivity index (χ0n) is 9.78. The molecule has 0 aromatic carbocycles. The topological polar surface area (TPSA) is 117 Å². The molecule has 3 amide bonds. The van der Waals surface area contributed by atoms with Crippen molar-refractivity contribution in [2.45, 2.75) is 13.0 Å². The van der Waals surface area contributed by atoms with Crippen LogP contribution in [0, 0.1) is 0 Å². The van der Waals surface area contributed by atoms with Crippen LogP contribution in [0.1, 0.15) is 6.92 Å². The SMILES string of the molecule is CNC(=O)C(C)NC(=O)NCCOCC(=O)O. The summed E-state index contributed by atoms with van der Waals surface area (Å²) < 4.78 is 4.70. The molecule has 17 heavy (non-hydrogen) atoms. The van der Waals surface area contributed by atoms with E-state index in [-0.39, 0.29) is 19.1 Å². The van der Waals surface area contributed by atoms with Crippen molar-refractivity contribution in [1.82, 2.24) is 16.0 Å². The van der Waals surface area contributed by atoms with Crippen molar-refractivity contribution >= 4 is 17.9 Å². The van der Waals surface area contributed by atoms with E-state index in [1.54, 1.807) is 6.92 Å². The molecular formula is C9H17N3O5. The van der Waals surface area contributed by atoms with Gasteiger partial charge in [-0.15, -0.1) is 0 Å². The average molecular weight is 247 g/mol. The minimum absolute atomic E-state index is 0.0913. The Hall–Kier alpha value is -1.83. The molecule has 0 fully saturated rings. The van der Waals surface area contributed by atoms with E-state index >= 15 is 0 Å². The van der Waals surface area contributed by atoms with E-state index in [0.29, 0.717) is 0 Å². The van der Waals surface area contributed by atoms with Crippen LogP contribution >= 0.6 is 0 Å². The molecule has 0 spiro atoms. The Bertz CT molecular complexity index is 282. The molecule has 98 valence electrons. The fourth-order valence-corrected chi connectivity index (χ4v) is 0.926. The lowest BCUT2D eigenvalue weighted by Crippen LogP contribution is -2.48. The Morgan fingerprint density at radius 1 is 1.35 bits per heavy atom. The van der Waals surface area contributed by atoms with Crippen LogP contribution in [0.2, 0.25) is 0 Å². The van der Waals surface area contributed by atoms with E-state index in [1.807, 2.05) is 0 Å². The van der Waals surface area contributed by atoms with Crippen LogP contribution in [-0.2, 0) is 14.3 Å². The van der Waals surface area contributed by atoms with Crippen LogP contribution in [0.15, 0.2) is 0 Å². The van der Waals surface area contributed by atoms with Crippen LogP contribution in [0.3, 0.4) is 0 Å². The molecule has 0 saturated carbocycles. The van der Waals surface area contributed by atoms with Crippen molar-refractivity contribution in [2.75, 3.05) is 26.8 Å². The third-order valence-corrected chi connectivity index (χ3v) is 1.74. The first-order chi connectivity index (χ1) is 7.97. The van der Waals surface area contributed by atoms with Crippen molar-refractivity contribution in [3.8, 4) is 0 Å². The van der Waals surface area contributed by atoms with Gasteiger partial charge in [-0.2, -0.15) is 0 Å². The molecule has 0 heterocycles. The van der Waals surface area contributed by atoms with Gasteiger partial charge in [0.15, 0.2) is 0 Å². The van der Waals surface area contributed by atoms with Gasteiger partial charge in [0.1, 0.15) is 12.6 Å². The Balaban J connectivity index is 3.59. The van der Waals surface area contributed by atoms with Gasteiger partial charge in [0.25, 0.3) is 0 Å². The van der Waals surface area contributed by atoms with E-state index < -0.39 is 24.6 Å². The monoisotopic (exact) mass is 247 g/mol. The van der Waals surface area contributed by atoms with Crippen LogP contribution in [0.5, 0.6) is 0 Å². The van der Waals surface area contributed by atoms with Gasteiger partial charge >= 0.3 is 12.0 Å². The number of hydrogen-bond donors (Lipinski definition) is 4. The molecule has 0 aromatic rings. The Morgan fingerprint density at radius 2 is 2.00 bits per heavy atom. The van der Waals surface area contributed by atoms with Gasteiger partial charge in [0, 0.05) is 13.6 Å². The first kappa shape index (κ1) is 15.2. The zero-order chi connectivity index (χ0) is 13.3. The molecule has 1 atom stereocenters. The highest BCUT2D eigenvalue weighted by molar-refractivity contribution is 5.86. The van der Waals surface area contributed by atoms with E-state index in [4.69, 9.17) is 9.84 Å². The Labute approximate surface area is 98.7 Å². The van der Waals surface area contributed by atoms with Gasteiger partial charge in [0.05, 0.1) is 6.61 Å². The van der Waals surface area contributed by atoms with Crippen LogP contribution in [0.25, 0.3) is 0 Å². The number of carboxylic acid groups (broad SMARTS) is 1. The molecule has 4 N–H and O–H groups in total.